The highest BCUT2D eigenvalue weighted by atomic mass is 16.5. The van der Waals surface area contributed by atoms with Crippen LogP contribution >= 0.6 is 0 Å². The topological polar surface area (TPSA) is 108 Å². The van der Waals surface area contributed by atoms with Gasteiger partial charge < -0.3 is 28.5 Å². The van der Waals surface area contributed by atoms with Crippen molar-refractivity contribution in [3.05, 3.63) is 89.4 Å². The summed E-state index contributed by atoms with van der Waals surface area (Å²) in [7, 11) is 4.51. The second-order valence-corrected chi connectivity index (χ2v) is 8.70. The lowest BCUT2D eigenvalue weighted by molar-refractivity contribution is -0.117. The maximum Gasteiger partial charge on any atom is 0.294 e. The zero-order valence-corrected chi connectivity index (χ0v) is 21.9. The molecular formula is C30H27NO8. The van der Waals surface area contributed by atoms with E-state index in [9.17, 15) is 14.7 Å². The first-order valence-electron chi connectivity index (χ1n) is 12.2. The summed E-state index contributed by atoms with van der Waals surface area (Å²) in [5, 5.41) is 11.8. The molecule has 0 saturated heterocycles. The van der Waals surface area contributed by atoms with Crippen molar-refractivity contribution in [1.29, 1.82) is 0 Å². The Bertz CT molecular complexity index is 1600. The van der Waals surface area contributed by atoms with Gasteiger partial charge >= 0.3 is 0 Å². The van der Waals surface area contributed by atoms with Gasteiger partial charge in [-0.05, 0) is 48.9 Å². The van der Waals surface area contributed by atoms with Gasteiger partial charge in [-0.3, -0.25) is 14.5 Å². The number of furan rings is 1. The molecule has 4 aromatic rings. The first-order chi connectivity index (χ1) is 18.9. The number of carbonyl (C=O) groups is 2. The zero-order valence-electron chi connectivity index (χ0n) is 21.9. The van der Waals surface area contributed by atoms with Crippen molar-refractivity contribution in [2.45, 2.75) is 13.0 Å². The smallest absolute Gasteiger partial charge is 0.294 e. The van der Waals surface area contributed by atoms with Crippen molar-refractivity contribution < 1.29 is 38.1 Å². The molecule has 0 spiro atoms. The third-order valence-corrected chi connectivity index (χ3v) is 6.53. The molecule has 200 valence electrons. The van der Waals surface area contributed by atoms with Crippen LogP contribution in [0.1, 0.15) is 29.1 Å². The number of aliphatic hydroxyl groups excluding tert-OH is 1. The molecule has 3 aromatic carbocycles. The van der Waals surface area contributed by atoms with Crippen LogP contribution in [0.25, 0.3) is 11.0 Å². The largest absolute Gasteiger partial charge is 0.503 e. The summed E-state index contributed by atoms with van der Waals surface area (Å²) >= 11 is 0. The Morgan fingerprint density at radius 1 is 0.923 bits per heavy atom. The number of fused-ring (bicyclic) bond motifs is 1. The SMILES string of the molecule is CCOc1cccc(N2C(=O)C(O)=C(C(=O)c3cc4cccc(OC)c4o3)C2c2ccc(OC)c(OC)c2)c1. The summed E-state index contributed by atoms with van der Waals surface area (Å²) in [5.74, 6) is -0.218. The van der Waals surface area contributed by atoms with E-state index < -0.39 is 23.5 Å². The molecule has 0 bridgehead atoms. The fraction of sp³-hybridized carbons (Fsp3) is 0.200. The molecule has 1 atom stereocenters. The van der Waals surface area contributed by atoms with Gasteiger partial charge in [0, 0.05) is 17.1 Å². The number of nitrogens with zero attached hydrogens (tertiary/aromatic N) is 1. The number of aliphatic hydroxyl groups is 1. The molecule has 1 N–H and O–H groups in total. The van der Waals surface area contributed by atoms with Crippen molar-refractivity contribution in [2.75, 3.05) is 32.8 Å². The molecular weight excluding hydrogens is 502 g/mol. The third-order valence-electron chi connectivity index (χ3n) is 6.53. The van der Waals surface area contributed by atoms with Crippen LogP contribution in [-0.4, -0.2) is 44.7 Å². The Hall–Kier alpha value is -4.92. The molecule has 39 heavy (non-hydrogen) atoms. The van der Waals surface area contributed by atoms with E-state index in [-0.39, 0.29) is 11.3 Å². The van der Waals surface area contributed by atoms with Crippen LogP contribution in [0.2, 0.25) is 0 Å². The van der Waals surface area contributed by atoms with Crippen molar-refractivity contribution in [3.63, 3.8) is 0 Å². The summed E-state index contributed by atoms with van der Waals surface area (Å²) in [6.07, 6.45) is 0. The summed E-state index contributed by atoms with van der Waals surface area (Å²) < 4.78 is 27.7. The maximum absolute atomic E-state index is 14.0. The van der Waals surface area contributed by atoms with Crippen molar-refractivity contribution in [3.8, 4) is 23.0 Å². The Morgan fingerprint density at radius 3 is 2.38 bits per heavy atom. The molecule has 1 unspecified atom stereocenters. The van der Waals surface area contributed by atoms with Gasteiger partial charge in [0.1, 0.15) is 5.75 Å². The number of ether oxygens (including phenoxy) is 4. The maximum atomic E-state index is 14.0. The highest BCUT2D eigenvalue weighted by molar-refractivity contribution is 6.20. The summed E-state index contributed by atoms with van der Waals surface area (Å²) in [5.41, 5.74) is 1.21. The molecule has 9 heteroatoms. The monoisotopic (exact) mass is 529 g/mol. The van der Waals surface area contributed by atoms with Crippen LogP contribution in [0.4, 0.5) is 5.69 Å². The first kappa shape index (κ1) is 25.7. The van der Waals surface area contributed by atoms with Gasteiger partial charge in [-0.1, -0.05) is 24.3 Å². The van der Waals surface area contributed by atoms with E-state index in [1.807, 2.05) is 6.92 Å². The molecule has 0 fully saturated rings. The number of hydrogen-bond donors (Lipinski definition) is 1. The molecule has 1 aliphatic rings. The standard InChI is InChI=1S/C30H27NO8/c1-5-38-20-10-7-9-19(16-20)31-26(17-12-13-21(35-2)23(14-17)37-4)25(28(33)30(31)34)27(32)24-15-18-8-6-11-22(36-3)29(18)39-24/h6-16,26,33H,5H2,1-4H3. The van der Waals surface area contributed by atoms with Crippen LogP contribution in [0.5, 0.6) is 23.0 Å². The predicted octanol–water partition coefficient (Wildman–Crippen LogP) is 5.64. The van der Waals surface area contributed by atoms with E-state index in [2.05, 4.69) is 0 Å². The van der Waals surface area contributed by atoms with E-state index in [0.717, 1.165) is 0 Å². The van der Waals surface area contributed by atoms with Gasteiger partial charge in [-0.2, -0.15) is 0 Å². The number of rotatable bonds is 9. The lowest BCUT2D eigenvalue weighted by Crippen LogP contribution is -2.31. The zero-order chi connectivity index (χ0) is 27.7. The molecule has 0 saturated carbocycles. The number of benzene rings is 3. The third kappa shape index (κ3) is 4.41. The molecule has 1 amide bonds. The first-order valence-corrected chi connectivity index (χ1v) is 12.2. The van der Waals surface area contributed by atoms with Gasteiger partial charge in [0.05, 0.1) is 39.6 Å². The van der Waals surface area contributed by atoms with E-state index in [4.69, 9.17) is 23.4 Å². The summed E-state index contributed by atoms with van der Waals surface area (Å²) in [4.78, 5) is 28.9. The van der Waals surface area contributed by atoms with Gasteiger partial charge in [0.15, 0.2) is 34.4 Å². The number of anilines is 1. The number of ketones is 1. The van der Waals surface area contributed by atoms with Crippen molar-refractivity contribution >= 4 is 28.3 Å². The minimum absolute atomic E-state index is 0.0424. The average Bonchev–Trinajstić information content (AvgIpc) is 3.51. The Balaban J connectivity index is 1.68. The van der Waals surface area contributed by atoms with Gasteiger partial charge in [0.25, 0.3) is 5.91 Å². The van der Waals surface area contributed by atoms with E-state index >= 15 is 0 Å². The van der Waals surface area contributed by atoms with E-state index in [1.165, 1.54) is 26.2 Å². The van der Waals surface area contributed by atoms with Crippen LogP contribution in [0.15, 0.2) is 82.5 Å². The normalized spacial score (nSPS) is 15.1. The van der Waals surface area contributed by atoms with Gasteiger partial charge in [-0.25, -0.2) is 0 Å². The van der Waals surface area contributed by atoms with E-state index in [0.29, 0.717) is 51.8 Å². The Kier molecular flexibility index (Phi) is 6.89. The molecule has 1 aliphatic heterocycles. The Labute approximate surface area is 224 Å². The second-order valence-electron chi connectivity index (χ2n) is 8.70. The lowest BCUT2D eigenvalue weighted by Gasteiger charge is -2.27. The molecule has 0 radical (unpaired) electrons. The average molecular weight is 530 g/mol. The van der Waals surface area contributed by atoms with E-state index in [1.54, 1.807) is 66.7 Å². The van der Waals surface area contributed by atoms with Crippen LogP contribution in [-0.2, 0) is 4.79 Å². The van der Waals surface area contributed by atoms with Crippen LogP contribution < -0.4 is 23.8 Å². The van der Waals surface area contributed by atoms with Crippen molar-refractivity contribution in [1.82, 2.24) is 0 Å². The molecule has 0 aliphatic carbocycles. The van der Waals surface area contributed by atoms with Crippen LogP contribution in [0.3, 0.4) is 0 Å². The number of methoxy groups -OCH3 is 3. The number of para-hydroxylation sites is 1. The summed E-state index contributed by atoms with van der Waals surface area (Å²) in [6.45, 7) is 2.28. The second kappa shape index (κ2) is 10.4. The van der Waals surface area contributed by atoms with Gasteiger partial charge in [-0.15, -0.1) is 0 Å². The number of hydrogen-bond acceptors (Lipinski definition) is 8. The summed E-state index contributed by atoms with van der Waals surface area (Å²) in [6, 6.07) is 17.8. The number of carbonyl (C=O) groups excluding carboxylic acids is 2. The predicted molar refractivity (Wildman–Crippen MR) is 144 cm³/mol. The number of Topliss-reactive ketones (excluding diaryl/α,β-unsaturated/α-hetero) is 1. The minimum atomic E-state index is -1.00. The quantitative estimate of drug-likeness (QED) is 0.278. The fourth-order valence-corrected chi connectivity index (χ4v) is 4.77. The highest BCUT2D eigenvalue weighted by Gasteiger charge is 2.45. The highest BCUT2D eigenvalue weighted by Crippen LogP contribution is 2.45. The fourth-order valence-electron chi connectivity index (χ4n) is 4.77. The van der Waals surface area contributed by atoms with Crippen molar-refractivity contribution in [2.24, 2.45) is 0 Å². The minimum Gasteiger partial charge on any atom is -0.503 e. The van der Waals surface area contributed by atoms with Gasteiger partial charge in [0.2, 0.25) is 5.78 Å². The van der Waals surface area contributed by atoms with Crippen LogP contribution in [0, 0.1) is 0 Å². The molecule has 5 rings (SSSR count). The molecule has 2 heterocycles. The number of amides is 1. The molecule has 1 aromatic heterocycles. The molecule has 9 nitrogen and oxygen atoms in total. The Morgan fingerprint density at radius 2 is 1.67 bits per heavy atom. The lowest BCUT2D eigenvalue weighted by atomic mass is 9.94.